The number of aromatic nitrogens is 1. The first-order valence-corrected chi connectivity index (χ1v) is 8.36. The molecule has 0 fully saturated rings. The Morgan fingerprint density at radius 2 is 1.96 bits per heavy atom. The molecule has 9 heteroatoms. The van der Waals surface area contributed by atoms with Gasteiger partial charge in [-0.05, 0) is 12.1 Å². The lowest BCUT2D eigenvalue weighted by Crippen LogP contribution is -2.02. The lowest BCUT2D eigenvalue weighted by molar-refractivity contribution is -0.384. The van der Waals surface area contributed by atoms with Crippen LogP contribution in [0.25, 0.3) is 0 Å². The predicted octanol–water partition coefficient (Wildman–Crippen LogP) is 2.11. The Bertz CT molecular complexity index is 898. The van der Waals surface area contributed by atoms with Crippen molar-refractivity contribution < 1.29 is 22.3 Å². The highest BCUT2D eigenvalue weighted by molar-refractivity contribution is 7.86. The molecular weight excluding hydrogens is 336 g/mol. The SMILES string of the molecule is CS(=O)(=O)OCC#Cc1cnccc1Oc1ccc([N+](=O)[O-])cc1. The van der Waals surface area contributed by atoms with Crippen molar-refractivity contribution in [2.45, 2.75) is 0 Å². The summed E-state index contributed by atoms with van der Waals surface area (Å²) in [4.78, 5) is 14.0. The third-order valence-electron chi connectivity index (χ3n) is 2.62. The van der Waals surface area contributed by atoms with Crippen LogP contribution in [-0.2, 0) is 14.3 Å². The molecule has 0 amide bonds. The van der Waals surface area contributed by atoms with Crippen LogP contribution < -0.4 is 4.74 Å². The number of pyridine rings is 1. The van der Waals surface area contributed by atoms with E-state index in [4.69, 9.17) is 4.74 Å². The first-order chi connectivity index (χ1) is 11.3. The van der Waals surface area contributed by atoms with Gasteiger partial charge in [0.15, 0.2) is 0 Å². The molecule has 0 spiro atoms. The minimum absolute atomic E-state index is 0.0463. The third kappa shape index (κ3) is 5.35. The van der Waals surface area contributed by atoms with Crippen LogP contribution in [0, 0.1) is 22.0 Å². The number of ether oxygens (including phenoxy) is 1. The Hall–Kier alpha value is -2.96. The van der Waals surface area contributed by atoms with E-state index in [1.807, 2.05) is 0 Å². The number of benzene rings is 1. The van der Waals surface area contributed by atoms with Gasteiger partial charge in [0.2, 0.25) is 0 Å². The number of nitro groups is 1. The topological polar surface area (TPSA) is 109 Å². The Morgan fingerprint density at radius 3 is 2.58 bits per heavy atom. The second kappa shape index (κ2) is 7.54. The first-order valence-electron chi connectivity index (χ1n) is 6.55. The molecule has 2 aromatic rings. The highest BCUT2D eigenvalue weighted by Crippen LogP contribution is 2.25. The second-order valence-corrected chi connectivity index (χ2v) is 6.14. The predicted molar refractivity (Wildman–Crippen MR) is 85.1 cm³/mol. The summed E-state index contributed by atoms with van der Waals surface area (Å²) in [6, 6.07) is 7.14. The highest BCUT2D eigenvalue weighted by atomic mass is 32.2. The van der Waals surface area contributed by atoms with Crippen molar-refractivity contribution >= 4 is 15.8 Å². The maximum atomic E-state index is 10.9. The van der Waals surface area contributed by atoms with E-state index < -0.39 is 15.0 Å². The van der Waals surface area contributed by atoms with E-state index in [1.54, 1.807) is 6.07 Å². The average Bonchev–Trinajstić information content (AvgIpc) is 2.52. The minimum atomic E-state index is -3.55. The Kier molecular flexibility index (Phi) is 5.47. The summed E-state index contributed by atoms with van der Waals surface area (Å²) in [6.45, 7) is -0.287. The maximum absolute atomic E-state index is 10.9. The molecule has 1 aromatic carbocycles. The maximum Gasteiger partial charge on any atom is 0.269 e. The molecule has 0 aliphatic carbocycles. The summed E-state index contributed by atoms with van der Waals surface area (Å²) < 4.78 is 31.8. The molecule has 0 atom stereocenters. The fourth-order valence-corrected chi connectivity index (χ4v) is 1.87. The average molecular weight is 348 g/mol. The zero-order valence-electron chi connectivity index (χ0n) is 12.5. The van der Waals surface area contributed by atoms with E-state index in [0.717, 1.165) is 6.26 Å². The number of nitrogens with zero attached hydrogens (tertiary/aromatic N) is 2. The van der Waals surface area contributed by atoms with E-state index in [0.29, 0.717) is 17.1 Å². The van der Waals surface area contributed by atoms with Gasteiger partial charge in [-0.2, -0.15) is 8.42 Å². The van der Waals surface area contributed by atoms with Crippen LogP contribution in [0.1, 0.15) is 5.56 Å². The molecule has 0 radical (unpaired) electrons. The van der Waals surface area contributed by atoms with Gasteiger partial charge in [0.25, 0.3) is 15.8 Å². The second-order valence-electron chi connectivity index (χ2n) is 4.49. The van der Waals surface area contributed by atoms with Crippen LogP contribution in [0.3, 0.4) is 0 Å². The van der Waals surface area contributed by atoms with E-state index in [1.165, 1.54) is 36.7 Å². The van der Waals surface area contributed by atoms with Crippen molar-refractivity contribution in [2.24, 2.45) is 0 Å². The quantitative estimate of drug-likeness (QED) is 0.352. The zero-order chi connectivity index (χ0) is 17.6. The molecule has 0 aliphatic heterocycles. The zero-order valence-corrected chi connectivity index (χ0v) is 13.3. The van der Waals surface area contributed by atoms with E-state index in [9.17, 15) is 18.5 Å². The smallest absolute Gasteiger partial charge is 0.269 e. The largest absolute Gasteiger partial charge is 0.456 e. The van der Waals surface area contributed by atoms with Crippen LogP contribution in [0.2, 0.25) is 0 Å². The van der Waals surface area contributed by atoms with Crippen LogP contribution in [0.4, 0.5) is 5.69 Å². The summed E-state index contributed by atoms with van der Waals surface area (Å²) in [5.41, 5.74) is 0.378. The first kappa shape index (κ1) is 17.4. The van der Waals surface area contributed by atoms with Crippen molar-refractivity contribution in [1.82, 2.24) is 4.98 Å². The van der Waals surface area contributed by atoms with Crippen molar-refractivity contribution in [2.75, 3.05) is 12.9 Å². The Morgan fingerprint density at radius 1 is 1.25 bits per heavy atom. The van der Waals surface area contributed by atoms with Crippen molar-refractivity contribution in [3.63, 3.8) is 0 Å². The summed E-state index contributed by atoms with van der Waals surface area (Å²) in [5.74, 6) is 6.02. The fraction of sp³-hybridized carbons (Fsp3) is 0.133. The van der Waals surface area contributed by atoms with Crippen molar-refractivity contribution in [3.8, 4) is 23.3 Å². The Labute approximate surface area is 138 Å². The van der Waals surface area contributed by atoms with Gasteiger partial charge in [-0.25, -0.2) is 0 Å². The molecule has 0 saturated carbocycles. The van der Waals surface area contributed by atoms with Gasteiger partial charge in [-0.3, -0.25) is 19.3 Å². The molecule has 2 rings (SSSR count). The van der Waals surface area contributed by atoms with Crippen molar-refractivity contribution in [3.05, 3.63) is 58.4 Å². The lowest BCUT2D eigenvalue weighted by Gasteiger charge is -2.06. The number of hydrogen-bond donors (Lipinski definition) is 0. The molecule has 8 nitrogen and oxygen atoms in total. The molecule has 0 bridgehead atoms. The molecule has 0 unspecified atom stereocenters. The molecule has 0 N–H and O–H groups in total. The molecular formula is C15H12N2O6S. The molecule has 24 heavy (non-hydrogen) atoms. The van der Waals surface area contributed by atoms with Gasteiger partial charge >= 0.3 is 0 Å². The summed E-state index contributed by atoms with van der Waals surface area (Å²) in [7, 11) is -3.55. The number of non-ortho nitro benzene ring substituents is 1. The van der Waals surface area contributed by atoms with Gasteiger partial charge in [0.1, 0.15) is 18.1 Å². The number of rotatable bonds is 5. The van der Waals surface area contributed by atoms with Gasteiger partial charge in [0, 0.05) is 30.6 Å². The summed E-state index contributed by atoms with van der Waals surface area (Å²) in [6.07, 6.45) is 3.88. The monoisotopic (exact) mass is 348 g/mol. The van der Waals surface area contributed by atoms with Crippen LogP contribution in [0.5, 0.6) is 11.5 Å². The van der Waals surface area contributed by atoms with E-state index in [2.05, 4.69) is 21.0 Å². The number of nitro benzene ring substituents is 1. The highest BCUT2D eigenvalue weighted by Gasteiger charge is 2.07. The third-order valence-corrected chi connectivity index (χ3v) is 3.17. The lowest BCUT2D eigenvalue weighted by atomic mass is 10.2. The summed E-state index contributed by atoms with van der Waals surface area (Å²) in [5, 5.41) is 10.6. The van der Waals surface area contributed by atoms with Gasteiger partial charge < -0.3 is 4.74 Å². The van der Waals surface area contributed by atoms with Gasteiger partial charge in [-0.15, -0.1) is 0 Å². The standard InChI is InChI=1S/C15H12N2O6S/c1-24(20,21)22-10-2-3-12-11-16-9-8-15(12)23-14-6-4-13(5-7-14)17(18)19/h4-9,11H,10H2,1H3. The fourth-order valence-electron chi connectivity index (χ4n) is 1.60. The Balaban J connectivity index is 2.14. The molecule has 0 saturated heterocycles. The van der Waals surface area contributed by atoms with E-state index >= 15 is 0 Å². The summed E-state index contributed by atoms with van der Waals surface area (Å²) >= 11 is 0. The van der Waals surface area contributed by atoms with Gasteiger partial charge in [0.05, 0.1) is 16.7 Å². The molecule has 1 aromatic heterocycles. The molecule has 0 aliphatic rings. The van der Waals surface area contributed by atoms with Crippen LogP contribution >= 0.6 is 0 Å². The van der Waals surface area contributed by atoms with Gasteiger partial charge in [-0.1, -0.05) is 11.8 Å². The minimum Gasteiger partial charge on any atom is -0.456 e. The molecule has 1 heterocycles. The normalized spacial score (nSPS) is 10.5. The van der Waals surface area contributed by atoms with Crippen molar-refractivity contribution in [1.29, 1.82) is 0 Å². The van der Waals surface area contributed by atoms with Crippen LogP contribution in [-0.4, -0.2) is 31.2 Å². The van der Waals surface area contributed by atoms with E-state index in [-0.39, 0.29) is 12.3 Å². The number of hydrogen-bond acceptors (Lipinski definition) is 7. The van der Waals surface area contributed by atoms with Crippen LogP contribution in [0.15, 0.2) is 42.7 Å². The molecule has 124 valence electrons.